The number of hydrogen-bond donors (Lipinski definition) is 0. The molecule has 0 amide bonds. The fourth-order valence-electron chi connectivity index (χ4n) is 4.25. The van der Waals surface area contributed by atoms with Gasteiger partial charge in [0, 0.05) is 38.4 Å². The van der Waals surface area contributed by atoms with E-state index in [-0.39, 0.29) is 0 Å². The van der Waals surface area contributed by atoms with E-state index >= 15 is 0 Å². The fourth-order valence-corrected chi connectivity index (χ4v) is 4.25. The predicted molar refractivity (Wildman–Crippen MR) is 116 cm³/mol. The number of anilines is 1. The van der Waals surface area contributed by atoms with Crippen LogP contribution in [0.4, 0.5) is 5.69 Å². The molecule has 0 spiro atoms. The van der Waals surface area contributed by atoms with Crippen molar-refractivity contribution in [1.82, 2.24) is 4.90 Å². The van der Waals surface area contributed by atoms with Gasteiger partial charge in [0.05, 0.1) is 0 Å². The minimum Gasteiger partial charge on any atom is -0.369 e. The number of rotatable bonds is 10. The summed E-state index contributed by atoms with van der Waals surface area (Å²) in [6, 6.07) is 7.03. The highest BCUT2D eigenvalue weighted by Crippen LogP contribution is 2.23. The van der Waals surface area contributed by atoms with Crippen molar-refractivity contribution < 1.29 is 0 Å². The SMILES string of the molecule is CCCC(CCC(C)CC)CN1CCN(c2ccc(C)c(CC)c2)CC1. The summed E-state index contributed by atoms with van der Waals surface area (Å²) >= 11 is 0. The number of benzene rings is 1. The zero-order valence-corrected chi connectivity index (χ0v) is 18.1. The molecule has 2 atom stereocenters. The van der Waals surface area contributed by atoms with Crippen LogP contribution in [0, 0.1) is 18.8 Å². The third-order valence-electron chi connectivity index (χ3n) is 6.43. The van der Waals surface area contributed by atoms with Crippen LogP contribution in [-0.2, 0) is 6.42 Å². The number of aryl methyl sites for hydroxylation is 2. The molecule has 0 aliphatic carbocycles. The molecule has 0 radical (unpaired) electrons. The van der Waals surface area contributed by atoms with Crippen LogP contribution in [0.1, 0.15) is 70.9 Å². The molecule has 2 heteroatoms. The molecule has 1 heterocycles. The average Bonchev–Trinajstić information content (AvgIpc) is 2.67. The summed E-state index contributed by atoms with van der Waals surface area (Å²) in [6.07, 6.45) is 8.01. The van der Waals surface area contributed by atoms with Gasteiger partial charge in [-0.25, -0.2) is 0 Å². The quantitative estimate of drug-likeness (QED) is 0.512. The van der Waals surface area contributed by atoms with E-state index in [0.717, 1.165) is 18.3 Å². The average molecular weight is 359 g/mol. The lowest BCUT2D eigenvalue weighted by molar-refractivity contribution is 0.200. The van der Waals surface area contributed by atoms with Crippen molar-refractivity contribution in [1.29, 1.82) is 0 Å². The van der Waals surface area contributed by atoms with E-state index in [0.29, 0.717) is 0 Å². The Morgan fingerprint density at radius 3 is 2.31 bits per heavy atom. The van der Waals surface area contributed by atoms with E-state index in [1.807, 2.05) is 0 Å². The van der Waals surface area contributed by atoms with Gasteiger partial charge in [-0.15, -0.1) is 0 Å². The van der Waals surface area contributed by atoms with E-state index in [1.54, 1.807) is 0 Å². The Balaban J connectivity index is 1.84. The Labute approximate surface area is 163 Å². The first-order valence-electron chi connectivity index (χ1n) is 11.1. The van der Waals surface area contributed by atoms with Crippen molar-refractivity contribution in [3.05, 3.63) is 29.3 Å². The van der Waals surface area contributed by atoms with Gasteiger partial charge >= 0.3 is 0 Å². The van der Waals surface area contributed by atoms with Crippen LogP contribution in [0.25, 0.3) is 0 Å². The standard InChI is InChI=1S/C24H42N2/c1-6-9-22(12-10-20(4)7-2)19-25-14-16-26(17-15-25)24-13-11-21(5)23(8-3)18-24/h11,13,18,20,22H,6-10,12,14-17,19H2,1-5H3. The van der Waals surface area contributed by atoms with Crippen molar-refractivity contribution in [2.75, 3.05) is 37.6 Å². The monoisotopic (exact) mass is 358 g/mol. The maximum absolute atomic E-state index is 2.72. The Kier molecular flexibility index (Phi) is 8.98. The van der Waals surface area contributed by atoms with Gasteiger partial charge in [0.2, 0.25) is 0 Å². The van der Waals surface area contributed by atoms with Crippen LogP contribution in [0.3, 0.4) is 0 Å². The van der Waals surface area contributed by atoms with E-state index in [1.165, 1.54) is 81.6 Å². The van der Waals surface area contributed by atoms with Gasteiger partial charge in [-0.2, -0.15) is 0 Å². The second-order valence-corrected chi connectivity index (χ2v) is 8.50. The third kappa shape index (κ3) is 6.30. The largest absolute Gasteiger partial charge is 0.369 e. The first kappa shape index (κ1) is 21.3. The fraction of sp³-hybridized carbons (Fsp3) is 0.750. The molecular formula is C24H42N2. The van der Waals surface area contributed by atoms with Crippen molar-refractivity contribution in [3.63, 3.8) is 0 Å². The molecule has 0 aromatic heterocycles. The van der Waals surface area contributed by atoms with E-state index in [2.05, 4.69) is 62.6 Å². The molecule has 2 rings (SSSR count). The molecular weight excluding hydrogens is 316 g/mol. The number of piperazine rings is 1. The van der Waals surface area contributed by atoms with Crippen molar-refractivity contribution in [2.24, 2.45) is 11.8 Å². The molecule has 26 heavy (non-hydrogen) atoms. The molecule has 0 saturated carbocycles. The highest BCUT2D eigenvalue weighted by molar-refractivity contribution is 5.51. The maximum atomic E-state index is 2.72. The predicted octanol–water partition coefficient (Wildman–Crippen LogP) is 5.92. The molecule has 1 aliphatic rings. The maximum Gasteiger partial charge on any atom is 0.0370 e. The van der Waals surface area contributed by atoms with Crippen molar-refractivity contribution in [3.8, 4) is 0 Å². The Morgan fingerprint density at radius 1 is 0.962 bits per heavy atom. The van der Waals surface area contributed by atoms with Crippen LogP contribution in [0.5, 0.6) is 0 Å². The molecule has 1 aromatic rings. The lowest BCUT2D eigenvalue weighted by Gasteiger charge is -2.38. The summed E-state index contributed by atoms with van der Waals surface area (Å²) in [7, 11) is 0. The summed E-state index contributed by atoms with van der Waals surface area (Å²) in [5.41, 5.74) is 4.35. The Bertz CT molecular complexity index is 517. The second kappa shape index (κ2) is 11.0. The minimum atomic E-state index is 0.889. The zero-order valence-electron chi connectivity index (χ0n) is 18.1. The molecule has 148 valence electrons. The van der Waals surface area contributed by atoms with Gasteiger partial charge in [-0.05, 0) is 61.3 Å². The first-order chi connectivity index (χ1) is 12.6. The summed E-state index contributed by atoms with van der Waals surface area (Å²) in [6.45, 7) is 17.7. The van der Waals surface area contributed by atoms with Crippen LogP contribution < -0.4 is 4.90 Å². The lowest BCUT2D eigenvalue weighted by atomic mass is 9.91. The van der Waals surface area contributed by atoms with Gasteiger partial charge in [-0.3, -0.25) is 4.90 Å². The Hall–Kier alpha value is -1.02. The second-order valence-electron chi connectivity index (χ2n) is 8.50. The minimum absolute atomic E-state index is 0.889. The topological polar surface area (TPSA) is 6.48 Å². The van der Waals surface area contributed by atoms with E-state index < -0.39 is 0 Å². The molecule has 1 aliphatic heterocycles. The van der Waals surface area contributed by atoms with Gasteiger partial charge in [0.1, 0.15) is 0 Å². The number of nitrogens with zero attached hydrogens (tertiary/aromatic N) is 2. The van der Waals surface area contributed by atoms with Crippen LogP contribution in [0.15, 0.2) is 18.2 Å². The third-order valence-corrected chi connectivity index (χ3v) is 6.43. The van der Waals surface area contributed by atoms with Gasteiger partial charge < -0.3 is 4.90 Å². The van der Waals surface area contributed by atoms with Crippen molar-refractivity contribution >= 4 is 5.69 Å². The zero-order chi connectivity index (χ0) is 18.9. The number of hydrogen-bond acceptors (Lipinski definition) is 2. The lowest BCUT2D eigenvalue weighted by Crippen LogP contribution is -2.47. The van der Waals surface area contributed by atoms with E-state index in [4.69, 9.17) is 0 Å². The summed E-state index contributed by atoms with van der Waals surface area (Å²) in [5.74, 6) is 1.78. The molecule has 1 saturated heterocycles. The molecule has 0 N–H and O–H groups in total. The van der Waals surface area contributed by atoms with Crippen LogP contribution in [-0.4, -0.2) is 37.6 Å². The van der Waals surface area contributed by atoms with Crippen LogP contribution >= 0.6 is 0 Å². The molecule has 2 unspecified atom stereocenters. The van der Waals surface area contributed by atoms with Gasteiger partial charge in [-0.1, -0.05) is 53.0 Å². The van der Waals surface area contributed by atoms with E-state index in [9.17, 15) is 0 Å². The van der Waals surface area contributed by atoms with Gasteiger partial charge in [0.25, 0.3) is 0 Å². The Morgan fingerprint density at radius 2 is 1.69 bits per heavy atom. The normalized spacial score (nSPS) is 18.1. The highest BCUT2D eigenvalue weighted by atomic mass is 15.3. The highest BCUT2D eigenvalue weighted by Gasteiger charge is 2.20. The first-order valence-corrected chi connectivity index (χ1v) is 11.1. The summed E-state index contributed by atoms with van der Waals surface area (Å²) in [4.78, 5) is 5.31. The molecule has 2 nitrogen and oxygen atoms in total. The smallest absolute Gasteiger partial charge is 0.0370 e. The van der Waals surface area contributed by atoms with Crippen molar-refractivity contribution in [2.45, 2.75) is 73.1 Å². The van der Waals surface area contributed by atoms with Gasteiger partial charge in [0.15, 0.2) is 0 Å². The molecule has 1 aromatic carbocycles. The molecule has 0 bridgehead atoms. The van der Waals surface area contributed by atoms with Crippen LogP contribution in [0.2, 0.25) is 0 Å². The molecule has 1 fully saturated rings. The summed E-state index contributed by atoms with van der Waals surface area (Å²) in [5, 5.41) is 0. The summed E-state index contributed by atoms with van der Waals surface area (Å²) < 4.78 is 0.